The van der Waals surface area contributed by atoms with Crippen molar-refractivity contribution in [2.24, 2.45) is 0 Å². The van der Waals surface area contributed by atoms with Crippen LogP contribution in [0.5, 0.6) is 0 Å². The summed E-state index contributed by atoms with van der Waals surface area (Å²) < 4.78 is 6.16. The second-order valence-corrected chi connectivity index (χ2v) is 5.52. The van der Waals surface area contributed by atoms with E-state index in [1.807, 2.05) is 24.3 Å². The minimum absolute atomic E-state index is 0.0731. The first kappa shape index (κ1) is 12.3. The third-order valence-corrected chi connectivity index (χ3v) is 4.18. The number of carbonyl (C=O) groups excluding carboxylic acids is 1. The average Bonchev–Trinajstić information content (AvgIpc) is 2.96. The average molecular weight is 321 g/mol. The summed E-state index contributed by atoms with van der Waals surface area (Å²) in [5, 5.41) is 0. The number of nitrogens with two attached hydrogens (primary N) is 1. The van der Waals surface area contributed by atoms with Crippen molar-refractivity contribution in [3.8, 4) is 0 Å². The monoisotopic (exact) mass is 320 g/mol. The highest BCUT2D eigenvalue weighted by Crippen LogP contribution is 2.41. The Hall–Kier alpha value is -1.75. The highest BCUT2D eigenvalue weighted by molar-refractivity contribution is 9.10. The van der Waals surface area contributed by atoms with E-state index >= 15 is 0 Å². The molecule has 98 valence electrons. The van der Waals surface area contributed by atoms with Crippen LogP contribution in [0.4, 0.5) is 11.4 Å². The molecule has 0 aliphatic carbocycles. The number of anilines is 2. The van der Waals surface area contributed by atoms with Crippen molar-refractivity contribution in [2.45, 2.75) is 12.3 Å². The molecule has 4 nitrogen and oxygen atoms in total. The number of benzene rings is 1. The third kappa shape index (κ3) is 1.94. The van der Waals surface area contributed by atoms with Crippen molar-refractivity contribution in [1.29, 1.82) is 0 Å². The standard InChI is InChI=1S/C14H13BrN2O2/c1-17-13-7-12(16)11(15)6-9(13)10(14(17)18)5-8-3-2-4-19-8/h2-4,6-7,10H,5,16H2,1H3. The Balaban J connectivity index is 2.04. The zero-order valence-electron chi connectivity index (χ0n) is 10.4. The van der Waals surface area contributed by atoms with Crippen LogP contribution in [0.25, 0.3) is 0 Å². The van der Waals surface area contributed by atoms with E-state index in [1.54, 1.807) is 18.2 Å². The number of furan rings is 1. The van der Waals surface area contributed by atoms with Gasteiger partial charge in [-0.3, -0.25) is 4.79 Å². The van der Waals surface area contributed by atoms with Crippen LogP contribution in [0.15, 0.2) is 39.4 Å². The van der Waals surface area contributed by atoms with E-state index in [0.29, 0.717) is 12.1 Å². The van der Waals surface area contributed by atoms with E-state index in [0.717, 1.165) is 21.5 Å². The number of halogens is 1. The maximum atomic E-state index is 12.3. The summed E-state index contributed by atoms with van der Waals surface area (Å²) in [6, 6.07) is 7.48. The molecule has 1 unspecified atom stereocenters. The van der Waals surface area contributed by atoms with Gasteiger partial charge in [0, 0.05) is 29.3 Å². The van der Waals surface area contributed by atoms with E-state index in [9.17, 15) is 4.79 Å². The predicted molar refractivity (Wildman–Crippen MR) is 77.1 cm³/mol. The number of likely N-dealkylation sites (N-methyl/N-ethyl adjacent to an activating group) is 1. The van der Waals surface area contributed by atoms with E-state index in [2.05, 4.69) is 15.9 Å². The van der Waals surface area contributed by atoms with Gasteiger partial charge in [-0.1, -0.05) is 0 Å². The van der Waals surface area contributed by atoms with Crippen LogP contribution in [0.2, 0.25) is 0 Å². The molecular weight excluding hydrogens is 308 g/mol. The first-order chi connectivity index (χ1) is 9.08. The molecule has 3 rings (SSSR count). The van der Waals surface area contributed by atoms with Crippen LogP contribution in [-0.4, -0.2) is 13.0 Å². The lowest BCUT2D eigenvalue weighted by Gasteiger charge is -2.10. The Bertz CT molecular complexity index is 637. The maximum absolute atomic E-state index is 12.3. The molecule has 0 fully saturated rings. The molecule has 1 atom stereocenters. The largest absolute Gasteiger partial charge is 0.469 e. The van der Waals surface area contributed by atoms with Gasteiger partial charge in [-0.05, 0) is 45.8 Å². The quantitative estimate of drug-likeness (QED) is 0.865. The zero-order valence-corrected chi connectivity index (χ0v) is 12.0. The predicted octanol–water partition coefficient (Wildman–Crippen LogP) is 2.93. The number of nitrogens with zero attached hydrogens (tertiary/aromatic N) is 1. The third-order valence-electron chi connectivity index (χ3n) is 3.50. The van der Waals surface area contributed by atoms with Crippen LogP contribution < -0.4 is 10.6 Å². The SMILES string of the molecule is CN1C(=O)C(Cc2ccco2)c2cc(Br)c(N)cc21. The van der Waals surface area contributed by atoms with Crippen LogP contribution >= 0.6 is 15.9 Å². The summed E-state index contributed by atoms with van der Waals surface area (Å²) in [7, 11) is 1.77. The molecule has 1 aliphatic heterocycles. The second-order valence-electron chi connectivity index (χ2n) is 4.67. The Kier molecular flexibility index (Phi) is 2.86. The molecular formula is C14H13BrN2O2. The number of carbonyl (C=O) groups is 1. The second kappa shape index (κ2) is 4.42. The lowest BCUT2D eigenvalue weighted by molar-refractivity contribution is -0.119. The molecule has 19 heavy (non-hydrogen) atoms. The molecule has 0 spiro atoms. The minimum Gasteiger partial charge on any atom is -0.469 e. The molecule has 5 heteroatoms. The van der Waals surface area contributed by atoms with Crippen molar-refractivity contribution in [3.05, 3.63) is 46.3 Å². The summed E-state index contributed by atoms with van der Waals surface area (Å²) in [4.78, 5) is 14.0. The van der Waals surface area contributed by atoms with Gasteiger partial charge in [0.25, 0.3) is 0 Å². The topological polar surface area (TPSA) is 59.5 Å². The van der Waals surface area contributed by atoms with Gasteiger partial charge in [0.2, 0.25) is 5.91 Å². The van der Waals surface area contributed by atoms with E-state index in [-0.39, 0.29) is 11.8 Å². The zero-order chi connectivity index (χ0) is 13.6. The van der Waals surface area contributed by atoms with Gasteiger partial charge in [0.05, 0.1) is 12.2 Å². The smallest absolute Gasteiger partial charge is 0.234 e. The van der Waals surface area contributed by atoms with Crippen molar-refractivity contribution >= 4 is 33.2 Å². The van der Waals surface area contributed by atoms with Crippen LogP contribution in [0.1, 0.15) is 17.2 Å². The van der Waals surface area contributed by atoms with Crippen LogP contribution in [-0.2, 0) is 11.2 Å². The number of amides is 1. The van der Waals surface area contributed by atoms with Crippen molar-refractivity contribution in [2.75, 3.05) is 17.7 Å². The van der Waals surface area contributed by atoms with Crippen LogP contribution in [0, 0.1) is 0 Å². The van der Waals surface area contributed by atoms with Crippen molar-refractivity contribution < 1.29 is 9.21 Å². The molecule has 1 aromatic carbocycles. The van der Waals surface area contributed by atoms with Gasteiger partial charge in [-0.2, -0.15) is 0 Å². The summed E-state index contributed by atoms with van der Waals surface area (Å²) in [5.41, 5.74) is 8.38. The van der Waals surface area contributed by atoms with Crippen LogP contribution in [0.3, 0.4) is 0 Å². The molecule has 0 saturated carbocycles. The first-order valence-electron chi connectivity index (χ1n) is 5.97. The number of hydrogen-bond donors (Lipinski definition) is 1. The highest BCUT2D eigenvalue weighted by Gasteiger charge is 2.36. The van der Waals surface area contributed by atoms with E-state index < -0.39 is 0 Å². The number of fused-ring (bicyclic) bond motifs is 1. The molecule has 1 aromatic heterocycles. The van der Waals surface area contributed by atoms with Gasteiger partial charge in [0.1, 0.15) is 5.76 Å². The van der Waals surface area contributed by atoms with Crippen molar-refractivity contribution in [1.82, 2.24) is 0 Å². The van der Waals surface area contributed by atoms with Gasteiger partial charge < -0.3 is 15.1 Å². The first-order valence-corrected chi connectivity index (χ1v) is 6.76. The van der Waals surface area contributed by atoms with Gasteiger partial charge in [-0.15, -0.1) is 0 Å². The summed E-state index contributed by atoms with van der Waals surface area (Å²) in [5.74, 6) is 0.680. The Labute approximate surface area is 119 Å². The molecule has 2 N–H and O–H groups in total. The lowest BCUT2D eigenvalue weighted by Crippen LogP contribution is -2.24. The number of hydrogen-bond acceptors (Lipinski definition) is 3. The lowest BCUT2D eigenvalue weighted by atomic mass is 9.96. The van der Waals surface area contributed by atoms with Gasteiger partial charge in [-0.25, -0.2) is 0 Å². The fourth-order valence-corrected chi connectivity index (χ4v) is 2.84. The van der Waals surface area contributed by atoms with Gasteiger partial charge in [0.15, 0.2) is 0 Å². The molecule has 0 radical (unpaired) electrons. The Morgan fingerprint density at radius 1 is 1.47 bits per heavy atom. The van der Waals surface area contributed by atoms with Gasteiger partial charge >= 0.3 is 0 Å². The Morgan fingerprint density at radius 2 is 2.26 bits per heavy atom. The number of nitrogen functional groups attached to an aromatic ring is 1. The molecule has 2 heterocycles. The molecule has 0 bridgehead atoms. The summed E-state index contributed by atoms with van der Waals surface area (Å²) >= 11 is 3.42. The molecule has 0 saturated heterocycles. The minimum atomic E-state index is -0.206. The Morgan fingerprint density at radius 3 is 2.95 bits per heavy atom. The van der Waals surface area contributed by atoms with Crippen molar-refractivity contribution in [3.63, 3.8) is 0 Å². The molecule has 1 amide bonds. The van der Waals surface area contributed by atoms with E-state index in [4.69, 9.17) is 10.2 Å². The summed E-state index contributed by atoms with van der Waals surface area (Å²) in [6.45, 7) is 0. The van der Waals surface area contributed by atoms with E-state index in [1.165, 1.54) is 0 Å². The molecule has 2 aromatic rings. The normalized spacial score (nSPS) is 17.9. The summed E-state index contributed by atoms with van der Waals surface area (Å²) in [6.07, 6.45) is 2.19. The highest BCUT2D eigenvalue weighted by atomic mass is 79.9. The fraction of sp³-hybridized carbons (Fsp3) is 0.214. The maximum Gasteiger partial charge on any atom is 0.234 e. The molecule has 1 aliphatic rings. The fourth-order valence-electron chi connectivity index (χ4n) is 2.48. The number of rotatable bonds is 2.